The predicted molar refractivity (Wildman–Crippen MR) is 130 cm³/mol. The molecule has 0 radical (unpaired) electrons. The van der Waals surface area contributed by atoms with Gasteiger partial charge in [0.05, 0.1) is 37.6 Å². The number of amides is 1. The van der Waals surface area contributed by atoms with Crippen LogP contribution >= 0.6 is 23.1 Å². The van der Waals surface area contributed by atoms with E-state index in [9.17, 15) is 4.79 Å². The number of morpholine rings is 1. The summed E-state index contributed by atoms with van der Waals surface area (Å²) in [5.41, 5.74) is 1.44. The lowest BCUT2D eigenvalue weighted by molar-refractivity contribution is 0.0391. The fourth-order valence-corrected chi connectivity index (χ4v) is 5.15. The van der Waals surface area contributed by atoms with Gasteiger partial charge in [-0.2, -0.15) is 0 Å². The molecule has 0 saturated carbocycles. The summed E-state index contributed by atoms with van der Waals surface area (Å²) in [4.78, 5) is 23.7. The minimum atomic E-state index is -0.108. The second-order valence-corrected chi connectivity index (χ2v) is 9.20. The Bertz CT molecular complexity index is 1080. The van der Waals surface area contributed by atoms with Gasteiger partial charge in [-0.05, 0) is 42.7 Å². The van der Waals surface area contributed by atoms with E-state index in [-0.39, 0.29) is 5.91 Å². The van der Waals surface area contributed by atoms with Crippen LogP contribution in [0.25, 0.3) is 10.2 Å². The number of methoxy groups -OCH3 is 2. The molecule has 7 nitrogen and oxygen atoms in total. The highest BCUT2D eigenvalue weighted by Crippen LogP contribution is 2.33. The fraction of sp³-hybridized carbons (Fsp3) is 0.391. The number of fused-ring (bicyclic) bond motifs is 1. The summed E-state index contributed by atoms with van der Waals surface area (Å²) >= 11 is 3.24. The van der Waals surface area contributed by atoms with E-state index < -0.39 is 0 Å². The number of carbonyl (C=O) groups is 1. The van der Waals surface area contributed by atoms with Crippen LogP contribution < -0.4 is 14.4 Å². The lowest BCUT2D eigenvalue weighted by Crippen LogP contribution is -2.43. The number of anilines is 1. The zero-order valence-corrected chi connectivity index (χ0v) is 20.1. The number of hydrogen-bond donors (Lipinski definition) is 0. The first-order chi connectivity index (χ1) is 15.6. The Kier molecular flexibility index (Phi) is 7.51. The maximum atomic E-state index is 13.6. The van der Waals surface area contributed by atoms with Crippen LogP contribution in [-0.2, 0) is 4.74 Å². The van der Waals surface area contributed by atoms with E-state index in [1.165, 1.54) is 4.90 Å². The number of aromatic nitrogens is 1. The third kappa shape index (κ3) is 5.01. The van der Waals surface area contributed by atoms with Crippen LogP contribution in [0.1, 0.15) is 10.4 Å². The van der Waals surface area contributed by atoms with Gasteiger partial charge in [-0.1, -0.05) is 11.3 Å². The lowest BCUT2D eigenvalue weighted by atomic mass is 10.1. The van der Waals surface area contributed by atoms with Crippen molar-refractivity contribution in [3.63, 3.8) is 0 Å². The van der Waals surface area contributed by atoms with Crippen LogP contribution in [-0.4, -0.2) is 75.7 Å². The molecule has 2 aromatic carbocycles. The number of nitrogens with zero attached hydrogens (tertiary/aromatic N) is 3. The molecule has 3 aromatic rings. The summed E-state index contributed by atoms with van der Waals surface area (Å²) < 4.78 is 17.3. The molecule has 0 bridgehead atoms. The second-order valence-electron chi connectivity index (χ2n) is 7.31. The van der Waals surface area contributed by atoms with Gasteiger partial charge in [0.15, 0.2) is 16.6 Å². The summed E-state index contributed by atoms with van der Waals surface area (Å²) in [7, 11) is 3.15. The van der Waals surface area contributed by atoms with Gasteiger partial charge in [0.2, 0.25) is 0 Å². The van der Waals surface area contributed by atoms with E-state index in [0.717, 1.165) is 43.1 Å². The predicted octanol–water partition coefficient (Wildman–Crippen LogP) is 4.01. The number of rotatable bonds is 8. The Labute approximate surface area is 196 Å². The average molecular weight is 474 g/mol. The topological polar surface area (TPSA) is 64.1 Å². The van der Waals surface area contributed by atoms with Crippen molar-refractivity contribution in [1.29, 1.82) is 0 Å². The molecule has 4 rings (SSSR count). The Morgan fingerprint density at radius 3 is 2.66 bits per heavy atom. The molecule has 1 saturated heterocycles. The van der Waals surface area contributed by atoms with Crippen LogP contribution in [0.4, 0.5) is 5.13 Å². The Morgan fingerprint density at radius 2 is 1.94 bits per heavy atom. The maximum Gasteiger partial charge on any atom is 0.260 e. The van der Waals surface area contributed by atoms with Crippen molar-refractivity contribution in [2.45, 2.75) is 4.90 Å². The van der Waals surface area contributed by atoms with Gasteiger partial charge in [-0.3, -0.25) is 14.6 Å². The summed E-state index contributed by atoms with van der Waals surface area (Å²) in [5, 5.41) is 0.700. The molecule has 9 heteroatoms. The number of hydrogen-bond acceptors (Lipinski definition) is 8. The first kappa shape index (κ1) is 22.8. The van der Waals surface area contributed by atoms with Crippen molar-refractivity contribution in [3.8, 4) is 11.5 Å². The summed E-state index contributed by atoms with van der Waals surface area (Å²) in [6, 6.07) is 11.5. The lowest BCUT2D eigenvalue weighted by Gasteiger charge is -2.29. The molecular weight excluding hydrogens is 446 g/mol. The molecule has 0 unspecified atom stereocenters. The molecule has 1 aliphatic rings. The third-order valence-electron chi connectivity index (χ3n) is 5.43. The minimum absolute atomic E-state index is 0.108. The normalized spacial score (nSPS) is 14.5. The molecule has 1 fully saturated rings. The molecule has 1 aromatic heterocycles. The maximum absolute atomic E-state index is 13.6. The van der Waals surface area contributed by atoms with Gasteiger partial charge >= 0.3 is 0 Å². The molecule has 1 amide bonds. The Balaban J connectivity index is 1.66. The Morgan fingerprint density at radius 1 is 1.16 bits per heavy atom. The van der Waals surface area contributed by atoms with Gasteiger partial charge in [-0.25, -0.2) is 4.98 Å². The molecular formula is C23H27N3O4S2. The van der Waals surface area contributed by atoms with Crippen molar-refractivity contribution in [1.82, 2.24) is 9.88 Å². The highest BCUT2D eigenvalue weighted by Gasteiger charge is 2.24. The Hall–Kier alpha value is -2.33. The van der Waals surface area contributed by atoms with Crippen molar-refractivity contribution in [2.75, 3.05) is 64.8 Å². The highest BCUT2D eigenvalue weighted by molar-refractivity contribution is 7.98. The second kappa shape index (κ2) is 10.5. The summed E-state index contributed by atoms with van der Waals surface area (Å²) in [5.74, 6) is 1.01. The first-order valence-corrected chi connectivity index (χ1v) is 12.5. The van der Waals surface area contributed by atoms with Crippen molar-refractivity contribution >= 4 is 44.4 Å². The summed E-state index contributed by atoms with van der Waals surface area (Å²) in [6.07, 6.45) is 2.05. The highest BCUT2D eigenvalue weighted by atomic mass is 32.2. The minimum Gasteiger partial charge on any atom is -0.493 e. The average Bonchev–Trinajstić information content (AvgIpc) is 3.27. The van der Waals surface area contributed by atoms with E-state index in [2.05, 4.69) is 23.3 Å². The zero-order chi connectivity index (χ0) is 22.5. The SMILES string of the molecule is COc1ccc(C(=O)N(CCN2CCOCC2)c2nc3ccc(SC)cc3s2)cc1OC. The quantitative estimate of drug-likeness (QED) is 0.458. The number of carbonyl (C=O) groups excluding carboxylic acids is 1. The van der Waals surface area contributed by atoms with Gasteiger partial charge in [0, 0.05) is 36.6 Å². The van der Waals surface area contributed by atoms with E-state index in [0.29, 0.717) is 28.7 Å². The van der Waals surface area contributed by atoms with Gasteiger partial charge < -0.3 is 14.2 Å². The monoisotopic (exact) mass is 473 g/mol. The van der Waals surface area contributed by atoms with Crippen LogP contribution in [0.15, 0.2) is 41.3 Å². The van der Waals surface area contributed by atoms with Crippen molar-refractivity contribution < 1.29 is 19.0 Å². The van der Waals surface area contributed by atoms with Gasteiger partial charge in [-0.15, -0.1) is 11.8 Å². The van der Waals surface area contributed by atoms with Crippen molar-refractivity contribution in [2.24, 2.45) is 0 Å². The van der Waals surface area contributed by atoms with E-state index in [4.69, 9.17) is 19.2 Å². The van der Waals surface area contributed by atoms with Gasteiger partial charge in [0.25, 0.3) is 5.91 Å². The molecule has 0 aliphatic carbocycles. The fourth-order valence-electron chi connectivity index (χ4n) is 3.61. The van der Waals surface area contributed by atoms with E-state index in [1.54, 1.807) is 60.4 Å². The molecule has 1 aliphatic heterocycles. The van der Waals surface area contributed by atoms with Crippen LogP contribution in [0, 0.1) is 0 Å². The smallest absolute Gasteiger partial charge is 0.260 e. The van der Waals surface area contributed by atoms with E-state index >= 15 is 0 Å². The number of thiazole rings is 1. The number of benzene rings is 2. The first-order valence-electron chi connectivity index (χ1n) is 10.4. The molecule has 32 heavy (non-hydrogen) atoms. The van der Waals surface area contributed by atoms with Crippen LogP contribution in [0.5, 0.6) is 11.5 Å². The van der Waals surface area contributed by atoms with Gasteiger partial charge in [0.1, 0.15) is 0 Å². The van der Waals surface area contributed by atoms with E-state index in [1.807, 2.05) is 6.07 Å². The molecule has 0 N–H and O–H groups in total. The van der Waals surface area contributed by atoms with Crippen LogP contribution in [0.3, 0.4) is 0 Å². The molecule has 0 atom stereocenters. The van der Waals surface area contributed by atoms with Crippen LogP contribution in [0.2, 0.25) is 0 Å². The third-order valence-corrected chi connectivity index (χ3v) is 7.20. The molecule has 170 valence electrons. The zero-order valence-electron chi connectivity index (χ0n) is 18.5. The molecule has 2 heterocycles. The summed E-state index contributed by atoms with van der Waals surface area (Å²) in [6.45, 7) is 4.49. The standard InChI is InChI=1S/C23H27N3O4S2/c1-28-19-7-4-16(14-20(19)29-2)22(27)26(9-8-25-10-12-30-13-11-25)23-24-18-6-5-17(31-3)15-21(18)32-23/h4-7,14-15H,8-13H2,1-3H3. The number of ether oxygens (including phenoxy) is 3. The number of thioether (sulfide) groups is 1. The van der Waals surface area contributed by atoms with Crippen molar-refractivity contribution in [3.05, 3.63) is 42.0 Å². The molecule has 0 spiro atoms. The largest absolute Gasteiger partial charge is 0.493 e.